The topological polar surface area (TPSA) is 15.6 Å². The van der Waals surface area contributed by atoms with Crippen molar-refractivity contribution in [1.29, 1.82) is 0 Å². The SMILES string of the molecule is CCN1c2cc(F)c(C=Nc3ccccc3Br)cc2C(C)CC1(C)C. The van der Waals surface area contributed by atoms with E-state index in [2.05, 4.69) is 53.5 Å². The minimum atomic E-state index is -0.224. The molecule has 0 bridgehead atoms. The number of rotatable bonds is 3. The quantitative estimate of drug-likeness (QED) is 0.538. The number of fused-ring (bicyclic) bond motifs is 1. The van der Waals surface area contributed by atoms with Crippen molar-refractivity contribution in [3.05, 3.63) is 57.8 Å². The monoisotopic (exact) mass is 402 g/mol. The highest BCUT2D eigenvalue weighted by Crippen LogP contribution is 2.43. The van der Waals surface area contributed by atoms with Crippen LogP contribution in [0.2, 0.25) is 0 Å². The molecule has 1 atom stereocenters. The number of para-hydroxylation sites is 1. The molecule has 0 N–H and O–H groups in total. The fourth-order valence-corrected chi connectivity index (χ4v) is 4.30. The first-order chi connectivity index (χ1) is 11.8. The fourth-order valence-electron chi connectivity index (χ4n) is 3.91. The van der Waals surface area contributed by atoms with E-state index in [1.165, 1.54) is 5.56 Å². The van der Waals surface area contributed by atoms with Crippen LogP contribution in [0.1, 0.15) is 51.2 Å². The van der Waals surface area contributed by atoms with Gasteiger partial charge in [0.1, 0.15) is 5.82 Å². The predicted octanol–water partition coefficient (Wildman–Crippen LogP) is 6.45. The minimum absolute atomic E-state index is 0.0398. The van der Waals surface area contributed by atoms with Crippen LogP contribution in [0.25, 0.3) is 0 Å². The summed E-state index contributed by atoms with van der Waals surface area (Å²) in [7, 11) is 0. The molecule has 2 aromatic rings. The number of nitrogens with zero attached hydrogens (tertiary/aromatic N) is 2. The zero-order chi connectivity index (χ0) is 18.2. The van der Waals surface area contributed by atoms with Gasteiger partial charge in [-0.15, -0.1) is 0 Å². The van der Waals surface area contributed by atoms with Gasteiger partial charge >= 0.3 is 0 Å². The maximum Gasteiger partial charge on any atom is 0.134 e. The van der Waals surface area contributed by atoms with Gasteiger partial charge in [0.15, 0.2) is 0 Å². The Hall–Kier alpha value is -1.68. The third-order valence-corrected chi connectivity index (χ3v) is 5.69. The molecule has 1 aliphatic heterocycles. The lowest BCUT2D eigenvalue weighted by Crippen LogP contribution is -2.48. The maximum atomic E-state index is 14.7. The molecule has 0 amide bonds. The Morgan fingerprint density at radius 1 is 1.32 bits per heavy atom. The summed E-state index contributed by atoms with van der Waals surface area (Å²) >= 11 is 3.47. The van der Waals surface area contributed by atoms with Crippen molar-refractivity contribution in [3.8, 4) is 0 Å². The van der Waals surface area contributed by atoms with Gasteiger partial charge in [-0.25, -0.2) is 4.39 Å². The van der Waals surface area contributed by atoms with Crippen LogP contribution in [0.15, 0.2) is 45.9 Å². The lowest BCUT2D eigenvalue weighted by molar-refractivity contribution is 0.380. The molecule has 0 fully saturated rings. The first-order valence-corrected chi connectivity index (χ1v) is 9.52. The number of aliphatic imine (C=N–C) groups is 1. The van der Waals surface area contributed by atoms with E-state index < -0.39 is 0 Å². The smallest absolute Gasteiger partial charge is 0.134 e. The van der Waals surface area contributed by atoms with Crippen molar-refractivity contribution in [2.24, 2.45) is 4.99 Å². The average Bonchev–Trinajstić information content (AvgIpc) is 2.54. The molecule has 3 rings (SSSR count). The number of benzene rings is 2. The third kappa shape index (κ3) is 3.50. The van der Waals surface area contributed by atoms with Crippen molar-refractivity contribution in [2.45, 2.75) is 45.6 Å². The van der Waals surface area contributed by atoms with Gasteiger partial charge in [-0.05, 0) is 78.9 Å². The first-order valence-electron chi connectivity index (χ1n) is 8.73. The Morgan fingerprint density at radius 3 is 2.72 bits per heavy atom. The van der Waals surface area contributed by atoms with Crippen molar-refractivity contribution in [3.63, 3.8) is 0 Å². The molecule has 132 valence electrons. The van der Waals surface area contributed by atoms with Gasteiger partial charge in [0.05, 0.1) is 5.69 Å². The molecular formula is C21H24BrFN2. The normalized spacial score (nSPS) is 19.3. The van der Waals surface area contributed by atoms with Crippen LogP contribution in [0.5, 0.6) is 0 Å². The Morgan fingerprint density at radius 2 is 2.04 bits per heavy atom. The largest absolute Gasteiger partial charge is 0.366 e. The molecule has 0 spiro atoms. The van der Waals surface area contributed by atoms with Gasteiger partial charge in [0, 0.05) is 34.0 Å². The second-order valence-corrected chi connectivity index (χ2v) is 8.16. The molecule has 0 saturated heterocycles. The van der Waals surface area contributed by atoms with E-state index >= 15 is 0 Å². The van der Waals surface area contributed by atoms with Gasteiger partial charge < -0.3 is 4.90 Å². The lowest BCUT2D eigenvalue weighted by Gasteiger charge is -2.47. The van der Waals surface area contributed by atoms with Crippen LogP contribution in [0.4, 0.5) is 15.8 Å². The van der Waals surface area contributed by atoms with Gasteiger partial charge in [-0.1, -0.05) is 19.1 Å². The minimum Gasteiger partial charge on any atom is -0.366 e. The number of halogens is 2. The zero-order valence-electron chi connectivity index (χ0n) is 15.2. The first kappa shape index (κ1) is 18.1. The zero-order valence-corrected chi connectivity index (χ0v) is 16.8. The molecule has 2 nitrogen and oxygen atoms in total. The summed E-state index contributed by atoms with van der Waals surface area (Å²) in [6, 6.07) is 11.3. The highest BCUT2D eigenvalue weighted by atomic mass is 79.9. The van der Waals surface area contributed by atoms with Crippen LogP contribution < -0.4 is 4.90 Å². The molecule has 0 aromatic heterocycles. The Bertz CT molecular complexity index is 814. The summed E-state index contributed by atoms with van der Waals surface area (Å²) in [4.78, 5) is 6.76. The second kappa shape index (κ2) is 6.91. The highest BCUT2D eigenvalue weighted by Gasteiger charge is 2.36. The van der Waals surface area contributed by atoms with Crippen molar-refractivity contribution in [1.82, 2.24) is 0 Å². The Labute approximate surface area is 157 Å². The van der Waals surface area contributed by atoms with Crippen LogP contribution in [-0.4, -0.2) is 18.3 Å². The third-order valence-electron chi connectivity index (χ3n) is 5.02. The van der Waals surface area contributed by atoms with E-state index in [1.54, 1.807) is 12.3 Å². The molecule has 1 heterocycles. The van der Waals surface area contributed by atoms with E-state index in [1.807, 2.05) is 30.3 Å². The summed E-state index contributed by atoms with van der Waals surface area (Å²) in [6.07, 6.45) is 2.68. The molecule has 4 heteroatoms. The molecule has 25 heavy (non-hydrogen) atoms. The van der Waals surface area contributed by atoms with Crippen molar-refractivity contribution < 1.29 is 4.39 Å². The number of hydrogen-bond donors (Lipinski definition) is 0. The Kier molecular flexibility index (Phi) is 5.01. The Balaban J connectivity index is 2.02. The van der Waals surface area contributed by atoms with Crippen LogP contribution in [0, 0.1) is 5.82 Å². The summed E-state index contributed by atoms with van der Waals surface area (Å²) in [5.41, 5.74) is 3.59. The van der Waals surface area contributed by atoms with Crippen molar-refractivity contribution in [2.75, 3.05) is 11.4 Å². The summed E-state index contributed by atoms with van der Waals surface area (Å²) < 4.78 is 15.6. The maximum absolute atomic E-state index is 14.7. The van der Waals surface area contributed by atoms with E-state index in [0.717, 1.165) is 28.8 Å². The van der Waals surface area contributed by atoms with Gasteiger partial charge in [-0.2, -0.15) is 0 Å². The summed E-state index contributed by atoms with van der Waals surface area (Å²) in [5.74, 6) is 0.168. The van der Waals surface area contributed by atoms with Gasteiger partial charge in [0.25, 0.3) is 0 Å². The molecular weight excluding hydrogens is 379 g/mol. The van der Waals surface area contributed by atoms with E-state index in [0.29, 0.717) is 11.5 Å². The summed E-state index contributed by atoms with van der Waals surface area (Å²) in [5, 5.41) is 0. The fraction of sp³-hybridized carbons (Fsp3) is 0.381. The van der Waals surface area contributed by atoms with Crippen LogP contribution in [0.3, 0.4) is 0 Å². The molecule has 0 aliphatic carbocycles. The van der Waals surface area contributed by atoms with E-state index in [9.17, 15) is 4.39 Å². The number of anilines is 1. The lowest BCUT2D eigenvalue weighted by atomic mass is 9.79. The predicted molar refractivity (Wildman–Crippen MR) is 108 cm³/mol. The molecule has 0 radical (unpaired) electrons. The molecule has 1 unspecified atom stereocenters. The molecule has 1 aliphatic rings. The standard InChI is InChI=1S/C21H24BrFN2/c1-5-25-20-11-18(23)15(10-16(20)14(2)12-21(25,3)4)13-24-19-9-7-6-8-17(19)22/h6-11,13-14H,5,12H2,1-4H3. The van der Waals surface area contributed by atoms with E-state index in [4.69, 9.17) is 0 Å². The molecule has 0 saturated carbocycles. The van der Waals surface area contributed by atoms with Crippen LogP contribution in [-0.2, 0) is 0 Å². The van der Waals surface area contributed by atoms with Gasteiger partial charge in [-0.3, -0.25) is 4.99 Å². The van der Waals surface area contributed by atoms with E-state index in [-0.39, 0.29) is 11.4 Å². The van der Waals surface area contributed by atoms with Crippen molar-refractivity contribution >= 4 is 33.5 Å². The van der Waals surface area contributed by atoms with Crippen LogP contribution >= 0.6 is 15.9 Å². The molecule has 2 aromatic carbocycles. The average molecular weight is 403 g/mol. The summed E-state index contributed by atoms with van der Waals surface area (Å²) in [6.45, 7) is 9.69. The second-order valence-electron chi connectivity index (χ2n) is 7.30. The number of hydrogen-bond acceptors (Lipinski definition) is 2. The van der Waals surface area contributed by atoms with Gasteiger partial charge in [0.2, 0.25) is 0 Å². The highest BCUT2D eigenvalue weighted by molar-refractivity contribution is 9.10.